The molecule has 0 saturated carbocycles. The average molecular weight is 363 g/mol. The fourth-order valence-corrected chi connectivity index (χ4v) is 3.44. The van der Waals surface area contributed by atoms with Gasteiger partial charge in [-0.25, -0.2) is 9.50 Å². The maximum Gasteiger partial charge on any atom is 0.259 e. The van der Waals surface area contributed by atoms with Crippen molar-refractivity contribution in [3.8, 4) is 0 Å². The quantitative estimate of drug-likeness (QED) is 0.699. The monoisotopic (exact) mass is 363 g/mol. The first-order valence-corrected chi connectivity index (χ1v) is 8.92. The van der Waals surface area contributed by atoms with Crippen LogP contribution in [0.2, 0.25) is 0 Å². The topological polar surface area (TPSA) is 70.8 Å². The largest absolute Gasteiger partial charge is 0.327 e. The van der Waals surface area contributed by atoms with Crippen molar-refractivity contribution in [3.05, 3.63) is 59.0 Å². The summed E-state index contributed by atoms with van der Waals surface area (Å²) < 4.78 is 1.66. The summed E-state index contributed by atoms with van der Waals surface area (Å²) >= 11 is 0. The molecule has 0 atom stereocenters. The number of amides is 2. The lowest BCUT2D eigenvalue weighted by molar-refractivity contribution is -0.120. The molecule has 3 heterocycles. The van der Waals surface area contributed by atoms with Crippen LogP contribution in [-0.4, -0.2) is 50.9 Å². The molecule has 0 N–H and O–H groups in total. The van der Waals surface area contributed by atoms with Crippen molar-refractivity contribution in [1.82, 2.24) is 19.5 Å². The zero-order valence-corrected chi connectivity index (χ0v) is 15.6. The molecule has 1 fully saturated rings. The first kappa shape index (κ1) is 17.2. The Morgan fingerprint density at radius 3 is 2.52 bits per heavy atom. The second-order valence-corrected chi connectivity index (χ2v) is 6.94. The molecule has 3 aromatic rings. The van der Waals surface area contributed by atoms with Crippen LogP contribution in [0.4, 0.5) is 5.69 Å². The van der Waals surface area contributed by atoms with E-state index in [9.17, 15) is 9.59 Å². The maximum absolute atomic E-state index is 13.0. The second kappa shape index (κ2) is 6.50. The number of aromatic nitrogens is 3. The number of rotatable bonds is 2. The van der Waals surface area contributed by atoms with Crippen LogP contribution in [0, 0.1) is 20.8 Å². The molecular formula is C20H21N5O2. The minimum absolute atomic E-state index is 0.0504. The molecule has 1 aliphatic heterocycles. The minimum Gasteiger partial charge on any atom is -0.327 e. The fraction of sp³-hybridized carbons (Fsp3) is 0.300. The SMILES string of the molecule is Cc1ccc(N2CCN(C(=O)c3cnn4c(C)cc(C)nc34)CC2=O)cc1. The zero-order valence-electron chi connectivity index (χ0n) is 15.6. The fourth-order valence-electron chi connectivity index (χ4n) is 3.44. The van der Waals surface area contributed by atoms with Crippen molar-refractivity contribution in [2.45, 2.75) is 20.8 Å². The zero-order chi connectivity index (χ0) is 19.1. The Labute approximate surface area is 157 Å². The Morgan fingerprint density at radius 1 is 1.07 bits per heavy atom. The van der Waals surface area contributed by atoms with Gasteiger partial charge < -0.3 is 9.80 Å². The van der Waals surface area contributed by atoms with Gasteiger partial charge in [-0.3, -0.25) is 9.59 Å². The van der Waals surface area contributed by atoms with Crippen molar-refractivity contribution in [2.24, 2.45) is 0 Å². The standard InChI is InChI=1S/C20H21N5O2/c1-13-4-6-16(7-5-13)24-9-8-23(12-18(24)26)20(27)17-11-21-25-15(3)10-14(2)22-19(17)25/h4-7,10-11H,8-9,12H2,1-3H3. The summed E-state index contributed by atoms with van der Waals surface area (Å²) in [6, 6.07) is 9.75. The van der Waals surface area contributed by atoms with Crippen LogP contribution >= 0.6 is 0 Å². The van der Waals surface area contributed by atoms with E-state index < -0.39 is 0 Å². The Balaban J connectivity index is 1.56. The predicted octanol–water partition coefficient (Wildman–Crippen LogP) is 2.14. The summed E-state index contributed by atoms with van der Waals surface area (Å²) in [4.78, 5) is 33.4. The second-order valence-electron chi connectivity index (χ2n) is 6.94. The summed E-state index contributed by atoms with van der Waals surface area (Å²) in [5.41, 5.74) is 4.71. The summed E-state index contributed by atoms with van der Waals surface area (Å²) in [6.07, 6.45) is 1.54. The highest BCUT2D eigenvalue weighted by molar-refractivity contribution is 6.04. The van der Waals surface area contributed by atoms with E-state index >= 15 is 0 Å². The molecule has 0 bridgehead atoms. The smallest absolute Gasteiger partial charge is 0.259 e. The molecule has 2 amide bonds. The molecule has 7 heteroatoms. The van der Waals surface area contributed by atoms with Crippen LogP contribution in [0.5, 0.6) is 0 Å². The average Bonchev–Trinajstić information content (AvgIpc) is 3.06. The summed E-state index contributed by atoms with van der Waals surface area (Å²) in [7, 11) is 0. The Bertz CT molecular complexity index is 1040. The molecule has 27 heavy (non-hydrogen) atoms. The number of fused-ring (bicyclic) bond motifs is 1. The third-order valence-corrected chi connectivity index (χ3v) is 4.86. The number of benzene rings is 1. The normalized spacial score (nSPS) is 14.9. The van der Waals surface area contributed by atoms with Gasteiger partial charge in [0.2, 0.25) is 5.91 Å². The molecule has 1 aromatic carbocycles. The number of nitrogens with zero attached hydrogens (tertiary/aromatic N) is 5. The first-order chi connectivity index (χ1) is 12.9. The maximum atomic E-state index is 13.0. The number of piperazine rings is 1. The van der Waals surface area contributed by atoms with Crippen molar-refractivity contribution >= 4 is 23.1 Å². The Morgan fingerprint density at radius 2 is 1.81 bits per heavy atom. The van der Waals surface area contributed by atoms with Crippen molar-refractivity contribution in [2.75, 3.05) is 24.5 Å². The van der Waals surface area contributed by atoms with Gasteiger partial charge in [-0.15, -0.1) is 0 Å². The van der Waals surface area contributed by atoms with Gasteiger partial charge in [0.1, 0.15) is 12.1 Å². The third kappa shape index (κ3) is 3.05. The lowest BCUT2D eigenvalue weighted by Gasteiger charge is -2.34. The van der Waals surface area contributed by atoms with Crippen molar-refractivity contribution in [3.63, 3.8) is 0 Å². The Hall–Kier alpha value is -3.22. The van der Waals surface area contributed by atoms with Crippen LogP contribution in [-0.2, 0) is 4.79 Å². The van der Waals surface area contributed by atoms with Crippen molar-refractivity contribution < 1.29 is 9.59 Å². The van der Waals surface area contributed by atoms with Crippen LogP contribution < -0.4 is 4.90 Å². The van der Waals surface area contributed by atoms with Gasteiger partial charge in [0, 0.05) is 30.2 Å². The molecule has 0 aliphatic carbocycles. The molecule has 1 aliphatic rings. The highest BCUT2D eigenvalue weighted by Crippen LogP contribution is 2.20. The summed E-state index contributed by atoms with van der Waals surface area (Å²) in [6.45, 7) is 6.81. The van der Waals surface area contributed by atoms with Crippen LogP contribution in [0.25, 0.3) is 5.65 Å². The Kier molecular flexibility index (Phi) is 4.14. The van der Waals surface area contributed by atoms with E-state index in [1.807, 2.05) is 51.1 Å². The molecule has 2 aromatic heterocycles. The van der Waals surface area contributed by atoms with Gasteiger partial charge in [-0.1, -0.05) is 17.7 Å². The first-order valence-electron chi connectivity index (χ1n) is 8.92. The van der Waals surface area contributed by atoms with Crippen molar-refractivity contribution in [1.29, 1.82) is 0 Å². The van der Waals surface area contributed by atoms with Gasteiger partial charge in [0.25, 0.3) is 5.91 Å². The number of aryl methyl sites for hydroxylation is 3. The van der Waals surface area contributed by atoms with E-state index in [4.69, 9.17) is 0 Å². The lowest BCUT2D eigenvalue weighted by Crippen LogP contribution is -2.52. The van der Waals surface area contributed by atoms with E-state index in [0.29, 0.717) is 24.3 Å². The molecular weight excluding hydrogens is 342 g/mol. The van der Waals surface area contributed by atoms with Crippen LogP contribution in [0.1, 0.15) is 27.3 Å². The van der Waals surface area contributed by atoms with Gasteiger partial charge in [-0.2, -0.15) is 5.10 Å². The van der Waals surface area contributed by atoms with E-state index in [-0.39, 0.29) is 18.4 Å². The lowest BCUT2D eigenvalue weighted by atomic mass is 10.2. The van der Waals surface area contributed by atoms with E-state index in [1.165, 1.54) is 6.20 Å². The van der Waals surface area contributed by atoms with Gasteiger partial charge >= 0.3 is 0 Å². The number of carbonyl (C=O) groups excluding carboxylic acids is 2. The minimum atomic E-state index is -0.209. The molecule has 4 rings (SSSR count). The predicted molar refractivity (Wildman–Crippen MR) is 102 cm³/mol. The molecule has 0 radical (unpaired) electrons. The molecule has 7 nitrogen and oxygen atoms in total. The number of carbonyl (C=O) groups is 2. The molecule has 138 valence electrons. The molecule has 0 spiro atoms. The van der Waals surface area contributed by atoms with Gasteiger partial charge in [0.05, 0.1) is 6.20 Å². The summed E-state index contributed by atoms with van der Waals surface area (Å²) in [5.74, 6) is -0.297. The van der Waals surface area contributed by atoms with Gasteiger partial charge in [0.15, 0.2) is 5.65 Å². The van der Waals surface area contributed by atoms with E-state index in [1.54, 1.807) is 14.3 Å². The van der Waals surface area contributed by atoms with E-state index in [2.05, 4.69) is 10.1 Å². The highest BCUT2D eigenvalue weighted by Gasteiger charge is 2.30. The third-order valence-electron chi connectivity index (χ3n) is 4.86. The number of hydrogen-bond acceptors (Lipinski definition) is 4. The van der Waals surface area contributed by atoms with E-state index in [0.717, 1.165) is 22.6 Å². The highest BCUT2D eigenvalue weighted by atomic mass is 16.2. The molecule has 1 saturated heterocycles. The van der Waals surface area contributed by atoms with Crippen LogP contribution in [0.3, 0.4) is 0 Å². The summed E-state index contributed by atoms with van der Waals surface area (Å²) in [5, 5.41) is 4.28. The van der Waals surface area contributed by atoms with Crippen LogP contribution in [0.15, 0.2) is 36.5 Å². The number of anilines is 1. The number of hydrogen-bond donors (Lipinski definition) is 0. The van der Waals surface area contributed by atoms with Gasteiger partial charge in [-0.05, 0) is 39.0 Å². The molecule has 0 unspecified atom stereocenters.